The number of hydrogen-bond acceptors (Lipinski definition) is 5. The van der Waals surface area contributed by atoms with E-state index < -0.39 is 4.93 Å². The van der Waals surface area contributed by atoms with Crippen molar-refractivity contribution in [3.05, 3.63) is 42.5 Å². The summed E-state index contributed by atoms with van der Waals surface area (Å²) in [5, 5.41) is 4.24. The fourth-order valence-corrected chi connectivity index (χ4v) is 3.97. The summed E-state index contributed by atoms with van der Waals surface area (Å²) < 4.78 is 14.0. The number of ether oxygens (including phenoxy) is 2. The van der Waals surface area contributed by atoms with E-state index in [0.717, 1.165) is 36.7 Å². The standard InChI is InChI=1S/C17H23N3O2S/c1-2-3-6-9-21-16-8-5-4-7-15(16)17(22-10-11-23-17)12-20-14-18-13-19-20/h4-5,7-8,13-14H,2-3,6,9-12H2,1H3. The van der Waals surface area contributed by atoms with Gasteiger partial charge in [0.2, 0.25) is 0 Å². The quantitative estimate of drug-likeness (QED) is 0.692. The second-order valence-electron chi connectivity index (χ2n) is 5.59. The van der Waals surface area contributed by atoms with Crippen LogP contribution < -0.4 is 4.74 Å². The Bertz CT molecular complexity index is 598. The highest BCUT2D eigenvalue weighted by Crippen LogP contribution is 2.47. The summed E-state index contributed by atoms with van der Waals surface area (Å²) in [6.07, 6.45) is 6.75. The average molecular weight is 333 g/mol. The first-order valence-corrected chi connectivity index (χ1v) is 9.15. The number of nitrogens with zero attached hydrogens (tertiary/aromatic N) is 3. The van der Waals surface area contributed by atoms with Gasteiger partial charge in [0.1, 0.15) is 18.4 Å². The first kappa shape index (κ1) is 16.3. The van der Waals surface area contributed by atoms with E-state index in [9.17, 15) is 0 Å². The number of rotatable bonds is 8. The van der Waals surface area contributed by atoms with E-state index in [1.165, 1.54) is 12.8 Å². The lowest BCUT2D eigenvalue weighted by Gasteiger charge is -2.29. The van der Waals surface area contributed by atoms with Crippen molar-refractivity contribution < 1.29 is 9.47 Å². The molecule has 0 saturated carbocycles. The lowest BCUT2D eigenvalue weighted by Crippen LogP contribution is -2.29. The SMILES string of the molecule is CCCCCOc1ccccc1C1(Cn2cncn2)OCCS1. The number of unbranched alkanes of at least 4 members (excludes halogenated alkanes) is 2. The Hall–Kier alpha value is -1.53. The summed E-state index contributed by atoms with van der Waals surface area (Å²) >= 11 is 1.81. The van der Waals surface area contributed by atoms with Crippen LogP contribution in [0.5, 0.6) is 5.75 Å². The Morgan fingerprint density at radius 1 is 1.35 bits per heavy atom. The summed E-state index contributed by atoms with van der Waals surface area (Å²) in [6.45, 7) is 4.32. The van der Waals surface area contributed by atoms with Gasteiger partial charge in [0.15, 0.2) is 4.93 Å². The minimum atomic E-state index is -0.449. The number of thioether (sulfide) groups is 1. The summed E-state index contributed by atoms with van der Waals surface area (Å²) in [5.74, 6) is 1.89. The predicted octanol–water partition coefficient (Wildman–Crippen LogP) is 3.46. The molecule has 0 aliphatic carbocycles. The van der Waals surface area contributed by atoms with Crippen LogP contribution in [0.3, 0.4) is 0 Å². The van der Waals surface area contributed by atoms with E-state index in [2.05, 4.69) is 23.1 Å². The van der Waals surface area contributed by atoms with Gasteiger partial charge in [-0.1, -0.05) is 38.0 Å². The van der Waals surface area contributed by atoms with Gasteiger partial charge in [-0.25, -0.2) is 9.67 Å². The van der Waals surface area contributed by atoms with Crippen LogP contribution in [0.1, 0.15) is 31.7 Å². The minimum absolute atomic E-state index is 0.449. The molecule has 0 N–H and O–H groups in total. The summed E-state index contributed by atoms with van der Waals surface area (Å²) in [4.78, 5) is 3.59. The molecule has 1 aromatic carbocycles. The maximum Gasteiger partial charge on any atom is 0.162 e. The molecular formula is C17H23N3O2S. The molecule has 0 bridgehead atoms. The Morgan fingerprint density at radius 3 is 3.00 bits per heavy atom. The second-order valence-corrected chi connectivity index (χ2v) is 6.95. The van der Waals surface area contributed by atoms with Crippen LogP contribution in [-0.4, -0.2) is 33.7 Å². The molecule has 23 heavy (non-hydrogen) atoms. The highest BCUT2D eigenvalue weighted by atomic mass is 32.2. The normalized spacial score (nSPS) is 20.7. The summed E-state index contributed by atoms with van der Waals surface area (Å²) in [5.41, 5.74) is 1.09. The molecule has 3 rings (SSSR count). The molecule has 2 aromatic rings. The van der Waals surface area contributed by atoms with Gasteiger partial charge in [-0.15, -0.1) is 11.8 Å². The fourth-order valence-electron chi connectivity index (χ4n) is 2.76. The molecule has 0 radical (unpaired) electrons. The maximum absolute atomic E-state index is 6.16. The van der Waals surface area contributed by atoms with Crippen molar-refractivity contribution in [1.29, 1.82) is 0 Å². The van der Waals surface area contributed by atoms with Crippen LogP contribution in [-0.2, 0) is 16.2 Å². The highest BCUT2D eigenvalue weighted by molar-refractivity contribution is 8.00. The zero-order valence-corrected chi connectivity index (χ0v) is 14.3. The molecule has 1 fully saturated rings. The van der Waals surface area contributed by atoms with Crippen LogP contribution in [0.2, 0.25) is 0 Å². The van der Waals surface area contributed by atoms with Crippen LogP contribution in [0, 0.1) is 0 Å². The fraction of sp³-hybridized carbons (Fsp3) is 0.529. The first-order chi connectivity index (χ1) is 11.3. The third kappa shape index (κ3) is 3.87. The lowest BCUT2D eigenvalue weighted by atomic mass is 10.1. The van der Waals surface area contributed by atoms with Crippen molar-refractivity contribution in [1.82, 2.24) is 14.8 Å². The van der Waals surface area contributed by atoms with Gasteiger partial charge in [-0.3, -0.25) is 0 Å². The number of benzene rings is 1. The second kappa shape index (κ2) is 7.84. The molecule has 5 nitrogen and oxygen atoms in total. The molecule has 0 spiro atoms. The molecule has 1 aromatic heterocycles. The van der Waals surface area contributed by atoms with E-state index in [1.54, 1.807) is 12.7 Å². The van der Waals surface area contributed by atoms with Crippen molar-refractivity contribution in [2.45, 2.75) is 37.7 Å². The van der Waals surface area contributed by atoms with Crippen LogP contribution in [0.25, 0.3) is 0 Å². The minimum Gasteiger partial charge on any atom is -0.493 e. The Morgan fingerprint density at radius 2 is 2.26 bits per heavy atom. The van der Waals surface area contributed by atoms with E-state index in [4.69, 9.17) is 9.47 Å². The third-order valence-corrected chi connectivity index (χ3v) is 5.20. The van der Waals surface area contributed by atoms with Crippen LogP contribution in [0.15, 0.2) is 36.9 Å². The maximum atomic E-state index is 6.16. The monoisotopic (exact) mass is 333 g/mol. The zero-order valence-electron chi connectivity index (χ0n) is 13.5. The molecule has 1 saturated heterocycles. The molecule has 0 amide bonds. The number of aromatic nitrogens is 3. The third-order valence-electron chi connectivity index (χ3n) is 3.89. The van der Waals surface area contributed by atoms with Gasteiger partial charge in [0.25, 0.3) is 0 Å². The molecule has 6 heteroatoms. The highest BCUT2D eigenvalue weighted by Gasteiger charge is 2.41. The smallest absolute Gasteiger partial charge is 0.162 e. The Labute approximate surface area is 141 Å². The van der Waals surface area contributed by atoms with Gasteiger partial charge >= 0.3 is 0 Å². The summed E-state index contributed by atoms with van der Waals surface area (Å²) in [7, 11) is 0. The van der Waals surface area contributed by atoms with E-state index >= 15 is 0 Å². The van der Waals surface area contributed by atoms with Crippen LogP contribution in [0.4, 0.5) is 0 Å². The number of hydrogen-bond donors (Lipinski definition) is 0. The van der Waals surface area contributed by atoms with Gasteiger partial charge in [-0.2, -0.15) is 5.10 Å². The van der Waals surface area contributed by atoms with Gasteiger partial charge in [-0.05, 0) is 12.5 Å². The van der Waals surface area contributed by atoms with Crippen molar-refractivity contribution in [2.24, 2.45) is 0 Å². The van der Waals surface area contributed by atoms with Gasteiger partial charge < -0.3 is 9.47 Å². The molecule has 1 unspecified atom stereocenters. The molecule has 1 aliphatic rings. The molecule has 2 heterocycles. The molecule has 1 aliphatic heterocycles. The van der Waals surface area contributed by atoms with Crippen molar-refractivity contribution in [3.63, 3.8) is 0 Å². The van der Waals surface area contributed by atoms with Crippen molar-refractivity contribution in [2.75, 3.05) is 19.0 Å². The van der Waals surface area contributed by atoms with Crippen LogP contribution >= 0.6 is 11.8 Å². The largest absolute Gasteiger partial charge is 0.493 e. The van der Waals surface area contributed by atoms with Crippen molar-refractivity contribution in [3.8, 4) is 5.75 Å². The topological polar surface area (TPSA) is 49.2 Å². The zero-order chi connectivity index (χ0) is 16.0. The number of para-hydroxylation sites is 1. The lowest BCUT2D eigenvalue weighted by molar-refractivity contribution is 0.0308. The molecule has 1 atom stereocenters. The molecule has 124 valence electrons. The molecular weight excluding hydrogens is 310 g/mol. The van der Waals surface area contributed by atoms with Gasteiger partial charge in [0, 0.05) is 11.3 Å². The Balaban J connectivity index is 1.82. The van der Waals surface area contributed by atoms with E-state index in [-0.39, 0.29) is 0 Å². The van der Waals surface area contributed by atoms with Gasteiger partial charge in [0.05, 0.1) is 19.8 Å². The Kier molecular flexibility index (Phi) is 5.56. The summed E-state index contributed by atoms with van der Waals surface area (Å²) in [6, 6.07) is 8.19. The first-order valence-electron chi connectivity index (χ1n) is 8.17. The average Bonchev–Trinajstić information content (AvgIpc) is 3.25. The van der Waals surface area contributed by atoms with E-state index in [0.29, 0.717) is 6.54 Å². The predicted molar refractivity (Wildman–Crippen MR) is 91.6 cm³/mol. The van der Waals surface area contributed by atoms with E-state index in [1.807, 2.05) is 34.6 Å². The van der Waals surface area contributed by atoms with Crippen molar-refractivity contribution >= 4 is 11.8 Å².